The topological polar surface area (TPSA) is 154 Å². The van der Waals surface area contributed by atoms with Crippen molar-refractivity contribution in [3.63, 3.8) is 0 Å². The Bertz CT molecular complexity index is 1900. The number of halogens is 2. The van der Waals surface area contributed by atoms with Crippen LogP contribution in [0.15, 0.2) is 67.0 Å². The van der Waals surface area contributed by atoms with Crippen LogP contribution in [0.3, 0.4) is 0 Å². The van der Waals surface area contributed by atoms with Crippen molar-refractivity contribution < 1.29 is 28.7 Å². The predicted octanol–water partition coefficient (Wildman–Crippen LogP) is 3.21. The molecule has 3 aromatic carbocycles. The number of benzene rings is 3. The number of aromatic carboxylic acids is 1. The monoisotopic (exact) mass is 658 g/mol. The first kappa shape index (κ1) is 31.5. The van der Waals surface area contributed by atoms with E-state index in [9.17, 15) is 24.3 Å². The summed E-state index contributed by atoms with van der Waals surface area (Å²) in [5.74, 6) is -3.11. The zero-order valence-corrected chi connectivity index (χ0v) is 25.8. The molecule has 0 radical (unpaired) electrons. The summed E-state index contributed by atoms with van der Waals surface area (Å²) in [6, 6.07) is 12.7. The minimum Gasteiger partial charge on any atom is -0.478 e. The third-order valence-corrected chi connectivity index (χ3v) is 8.42. The molecule has 2 aliphatic rings. The minimum atomic E-state index is -1.14. The van der Waals surface area contributed by atoms with E-state index in [-0.39, 0.29) is 40.8 Å². The highest BCUT2D eigenvalue weighted by Crippen LogP contribution is 2.37. The summed E-state index contributed by atoms with van der Waals surface area (Å²) in [6.07, 6.45) is 4.04. The standard InChI is InChI=1S/C32H28ClFN8O5/c1-39-15-16-40(28(44)17-39)25-4-2-3-22-21(25)13-14-41(30(22)31(45)36-20-7-5-19(6-8-20)32(46)47)27(43)12-9-23-26(42-18-35-37-38-42)11-10-24(33)29(23)34/h2-12,18,30H,13-17H2,1H3,(H,36,45)(H,46,47)/b12-9+. The fraction of sp³-hybridized carbons (Fsp3) is 0.219. The van der Waals surface area contributed by atoms with Crippen LogP contribution < -0.4 is 10.2 Å². The third-order valence-electron chi connectivity index (χ3n) is 8.13. The second-order valence-electron chi connectivity index (χ2n) is 11.1. The number of aromatic nitrogens is 4. The number of nitrogens with one attached hydrogen (secondary N) is 1. The highest BCUT2D eigenvalue weighted by atomic mass is 35.5. The molecule has 1 aromatic heterocycles. The number of piperazine rings is 1. The molecule has 47 heavy (non-hydrogen) atoms. The van der Waals surface area contributed by atoms with Gasteiger partial charge in [-0.05, 0) is 83.6 Å². The van der Waals surface area contributed by atoms with Gasteiger partial charge in [-0.3, -0.25) is 19.3 Å². The van der Waals surface area contributed by atoms with Crippen molar-refractivity contribution in [2.45, 2.75) is 12.5 Å². The lowest BCUT2D eigenvalue weighted by molar-refractivity contribution is -0.135. The van der Waals surface area contributed by atoms with Crippen molar-refractivity contribution in [1.29, 1.82) is 0 Å². The van der Waals surface area contributed by atoms with E-state index in [4.69, 9.17) is 11.6 Å². The van der Waals surface area contributed by atoms with Crippen LogP contribution in [0.4, 0.5) is 15.8 Å². The minimum absolute atomic E-state index is 0.0362. The molecule has 3 heterocycles. The number of fused-ring (bicyclic) bond motifs is 1. The number of nitrogens with zero attached hydrogens (tertiary/aromatic N) is 7. The summed E-state index contributed by atoms with van der Waals surface area (Å²) in [7, 11) is 1.87. The van der Waals surface area contributed by atoms with Gasteiger partial charge in [0.1, 0.15) is 12.4 Å². The van der Waals surface area contributed by atoms with Crippen molar-refractivity contribution in [3.8, 4) is 5.69 Å². The van der Waals surface area contributed by atoms with Gasteiger partial charge in [0.25, 0.3) is 5.91 Å². The summed E-state index contributed by atoms with van der Waals surface area (Å²) in [4.78, 5) is 57.2. The molecule has 1 unspecified atom stereocenters. The van der Waals surface area contributed by atoms with Crippen LogP contribution >= 0.6 is 11.6 Å². The Hall–Kier alpha value is -5.47. The van der Waals surface area contributed by atoms with Crippen LogP contribution in [-0.4, -0.2) is 92.0 Å². The van der Waals surface area contributed by atoms with Gasteiger partial charge in [0.15, 0.2) is 5.82 Å². The lowest BCUT2D eigenvalue weighted by Crippen LogP contribution is -2.50. The maximum Gasteiger partial charge on any atom is 0.335 e. The number of carbonyl (C=O) groups excluding carboxylic acids is 3. The quantitative estimate of drug-likeness (QED) is 0.285. The first-order valence-electron chi connectivity index (χ1n) is 14.6. The van der Waals surface area contributed by atoms with Gasteiger partial charge in [-0.25, -0.2) is 9.18 Å². The number of carboxylic acid groups (broad SMARTS) is 1. The molecule has 3 amide bonds. The molecule has 1 fully saturated rings. The van der Waals surface area contributed by atoms with Gasteiger partial charge in [0.05, 0.1) is 22.8 Å². The Kier molecular flexibility index (Phi) is 8.78. The van der Waals surface area contributed by atoms with E-state index in [1.54, 1.807) is 17.0 Å². The second-order valence-corrected chi connectivity index (χ2v) is 11.5. The van der Waals surface area contributed by atoms with Gasteiger partial charge in [-0.15, -0.1) is 5.10 Å². The molecule has 15 heteroatoms. The van der Waals surface area contributed by atoms with Crippen LogP contribution in [0.2, 0.25) is 5.02 Å². The normalized spacial score (nSPS) is 16.7. The maximum absolute atomic E-state index is 15.2. The Morgan fingerprint density at radius 1 is 1.04 bits per heavy atom. The fourth-order valence-corrected chi connectivity index (χ4v) is 5.98. The average Bonchev–Trinajstić information content (AvgIpc) is 3.60. The molecule has 2 aliphatic heterocycles. The average molecular weight is 659 g/mol. The SMILES string of the molecule is CN1CCN(c2cccc3c2CCN(C(=O)/C=C/c2c(-n4cnnn4)ccc(Cl)c2F)C3C(=O)Nc2ccc(C(=O)O)cc2)C(=O)C1. The van der Waals surface area contributed by atoms with Crippen molar-refractivity contribution >= 4 is 52.7 Å². The Morgan fingerprint density at radius 2 is 1.83 bits per heavy atom. The Balaban J connectivity index is 1.37. The van der Waals surface area contributed by atoms with Crippen molar-refractivity contribution in [3.05, 3.63) is 100 Å². The fourth-order valence-electron chi connectivity index (χ4n) is 5.81. The molecule has 1 saturated heterocycles. The number of tetrazole rings is 1. The van der Waals surface area contributed by atoms with Gasteiger partial charge in [-0.2, -0.15) is 4.68 Å². The van der Waals surface area contributed by atoms with E-state index >= 15 is 4.39 Å². The van der Waals surface area contributed by atoms with Crippen LogP contribution in [0.5, 0.6) is 0 Å². The lowest BCUT2D eigenvalue weighted by atomic mass is 9.89. The molecule has 13 nitrogen and oxygen atoms in total. The Labute approximate surface area is 272 Å². The highest BCUT2D eigenvalue weighted by Gasteiger charge is 2.38. The number of amides is 3. The number of carbonyl (C=O) groups is 4. The van der Waals surface area contributed by atoms with E-state index < -0.39 is 29.6 Å². The summed E-state index contributed by atoms with van der Waals surface area (Å²) in [5.41, 5.74) is 2.55. The second kappa shape index (κ2) is 13.1. The van der Waals surface area contributed by atoms with Crippen molar-refractivity contribution in [2.75, 3.05) is 43.4 Å². The number of carboxylic acids is 1. The van der Waals surface area contributed by atoms with Crippen molar-refractivity contribution in [1.82, 2.24) is 30.0 Å². The van der Waals surface area contributed by atoms with Crippen LogP contribution in [-0.2, 0) is 20.8 Å². The van der Waals surface area contributed by atoms with E-state index in [0.717, 1.165) is 11.6 Å². The van der Waals surface area contributed by atoms with Crippen molar-refractivity contribution in [2.24, 2.45) is 0 Å². The summed E-state index contributed by atoms with van der Waals surface area (Å²) in [5, 5.41) is 22.9. The molecule has 1 atom stereocenters. The number of hydrogen-bond donors (Lipinski definition) is 2. The molecule has 4 aromatic rings. The molecule has 0 spiro atoms. The molecule has 0 saturated carbocycles. The smallest absolute Gasteiger partial charge is 0.335 e. The first-order valence-corrected chi connectivity index (χ1v) is 14.9. The zero-order chi connectivity index (χ0) is 33.2. The molecule has 2 N–H and O–H groups in total. The van der Waals surface area contributed by atoms with Crippen LogP contribution in [0.1, 0.15) is 33.1 Å². The third kappa shape index (κ3) is 6.33. The predicted molar refractivity (Wildman–Crippen MR) is 170 cm³/mol. The zero-order valence-electron chi connectivity index (χ0n) is 25.0. The van der Waals surface area contributed by atoms with Crippen LogP contribution in [0.25, 0.3) is 11.8 Å². The van der Waals surface area contributed by atoms with Gasteiger partial charge >= 0.3 is 5.97 Å². The largest absolute Gasteiger partial charge is 0.478 e. The molecule has 0 aliphatic carbocycles. The van der Waals surface area contributed by atoms with E-state index in [1.165, 1.54) is 58.4 Å². The van der Waals surface area contributed by atoms with Gasteiger partial charge < -0.3 is 20.2 Å². The number of rotatable bonds is 7. The number of anilines is 2. The molecule has 240 valence electrons. The summed E-state index contributed by atoms with van der Waals surface area (Å²) < 4.78 is 16.5. The molecular formula is C32H28ClFN8O5. The first-order chi connectivity index (χ1) is 22.6. The number of likely N-dealkylation sites (N-methyl/N-ethyl adjacent to an activating group) is 1. The molecular weight excluding hydrogens is 631 g/mol. The maximum atomic E-state index is 15.2. The van der Waals surface area contributed by atoms with Crippen LogP contribution in [0, 0.1) is 5.82 Å². The van der Waals surface area contributed by atoms with Gasteiger partial charge in [-0.1, -0.05) is 23.7 Å². The number of hydrogen-bond acceptors (Lipinski definition) is 8. The summed E-state index contributed by atoms with van der Waals surface area (Å²) in [6.45, 7) is 1.51. The molecule has 6 rings (SSSR count). The summed E-state index contributed by atoms with van der Waals surface area (Å²) >= 11 is 6.05. The van der Waals surface area contributed by atoms with Gasteiger partial charge in [0, 0.05) is 42.6 Å². The Morgan fingerprint density at radius 3 is 2.53 bits per heavy atom. The van der Waals surface area contributed by atoms with E-state index in [0.29, 0.717) is 36.4 Å². The van der Waals surface area contributed by atoms with Gasteiger partial charge in [0.2, 0.25) is 11.8 Å². The lowest BCUT2D eigenvalue weighted by Gasteiger charge is -2.39. The van der Waals surface area contributed by atoms with E-state index in [1.807, 2.05) is 18.0 Å². The molecule has 0 bridgehead atoms. The highest BCUT2D eigenvalue weighted by molar-refractivity contribution is 6.31. The van der Waals surface area contributed by atoms with E-state index in [2.05, 4.69) is 20.8 Å².